The molecular weight excluding hydrogens is 284 g/mol. The van der Waals surface area contributed by atoms with Gasteiger partial charge in [-0.15, -0.1) is 0 Å². The first kappa shape index (κ1) is 15.9. The molecule has 0 amide bonds. The predicted molar refractivity (Wildman–Crippen MR) is 85.3 cm³/mol. The molecule has 3 N–H and O–H groups in total. The number of benzene rings is 1. The van der Waals surface area contributed by atoms with E-state index in [-0.39, 0.29) is 4.90 Å². The summed E-state index contributed by atoms with van der Waals surface area (Å²) in [5, 5.41) is 0. The minimum Gasteiger partial charge on any atom is -0.318 e. The van der Waals surface area contributed by atoms with Crippen LogP contribution in [0, 0.1) is 0 Å². The predicted octanol–water partition coefficient (Wildman–Crippen LogP) is 2.43. The number of nitrogens with two attached hydrogens (primary N) is 1. The summed E-state index contributed by atoms with van der Waals surface area (Å²) in [5.41, 5.74) is 5.69. The molecule has 0 aromatic heterocycles. The van der Waals surface area contributed by atoms with Crippen LogP contribution in [0.2, 0.25) is 0 Å². The van der Waals surface area contributed by atoms with Gasteiger partial charge in [-0.3, -0.25) is 0 Å². The zero-order chi connectivity index (χ0) is 15.7. The standard InChI is InChI=1S/C16H22N2O2S/c1-15(2,3)18-21(19,20)14-10-6-5-9-13(14)16(17)11-7-4-8-12-16/h4-11,18H,12,17H2,1-3H3. The first-order valence-corrected chi connectivity index (χ1v) is 8.39. The van der Waals surface area contributed by atoms with E-state index in [1.54, 1.807) is 18.2 Å². The molecule has 1 aliphatic carbocycles. The molecule has 0 aliphatic heterocycles. The summed E-state index contributed by atoms with van der Waals surface area (Å²) < 4.78 is 28.0. The van der Waals surface area contributed by atoms with Crippen LogP contribution in [-0.4, -0.2) is 14.0 Å². The van der Waals surface area contributed by atoms with E-state index in [0.29, 0.717) is 12.0 Å². The van der Waals surface area contributed by atoms with E-state index in [2.05, 4.69) is 4.72 Å². The highest BCUT2D eigenvalue weighted by atomic mass is 32.2. The minimum absolute atomic E-state index is 0.238. The highest BCUT2D eigenvalue weighted by Gasteiger charge is 2.32. The lowest BCUT2D eigenvalue weighted by molar-refractivity contribution is 0.487. The molecule has 1 atom stereocenters. The molecule has 1 aromatic rings. The lowest BCUT2D eigenvalue weighted by atomic mass is 9.85. The van der Waals surface area contributed by atoms with Gasteiger partial charge < -0.3 is 5.73 Å². The third-order valence-corrected chi connectivity index (χ3v) is 5.03. The van der Waals surface area contributed by atoms with Crippen LogP contribution in [0.4, 0.5) is 0 Å². The fraction of sp³-hybridized carbons (Fsp3) is 0.375. The van der Waals surface area contributed by atoms with Crippen molar-refractivity contribution in [3.05, 3.63) is 54.1 Å². The first-order valence-electron chi connectivity index (χ1n) is 6.91. The zero-order valence-corrected chi connectivity index (χ0v) is 13.4. The number of allylic oxidation sites excluding steroid dienone is 2. The third kappa shape index (κ3) is 3.61. The Morgan fingerprint density at radius 2 is 1.86 bits per heavy atom. The monoisotopic (exact) mass is 306 g/mol. The zero-order valence-electron chi connectivity index (χ0n) is 12.6. The molecule has 1 aliphatic rings. The normalized spacial score (nSPS) is 22.5. The maximum absolute atomic E-state index is 12.6. The van der Waals surface area contributed by atoms with Gasteiger partial charge >= 0.3 is 0 Å². The van der Waals surface area contributed by atoms with Gasteiger partial charge in [0.1, 0.15) is 0 Å². The van der Waals surface area contributed by atoms with Crippen molar-refractivity contribution in [3.63, 3.8) is 0 Å². The van der Waals surface area contributed by atoms with Crippen molar-refractivity contribution in [2.24, 2.45) is 5.73 Å². The van der Waals surface area contributed by atoms with E-state index in [9.17, 15) is 8.42 Å². The summed E-state index contributed by atoms with van der Waals surface area (Å²) in [7, 11) is -3.62. The van der Waals surface area contributed by atoms with Crippen LogP contribution < -0.4 is 10.5 Å². The Morgan fingerprint density at radius 3 is 2.43 bits per heavy atom. The molecule has 0 heterocycles. The van der Waals surface area contributed by atoms with Crippen LogP contribution in [0.25, 0.3) is 0 Å². The van der Waals surface area contributed by atoms with Gasteiger partial charge in [-0.2, -0.15) is 0 Å². The number of nitrogens with one attached hydrogen (secondary N) is 1. The van der Waals surface area contributed by atoms with E-state index in [0.717, 1.165) is 0 Å². The fourth-order valence-corrected chi connectivity index (χ4v) is 4.10. The van der Waals surface area contributed by atoms with Gasteiger partial charge in [0, 0.05) is 5.54 Å². The molecule has 0 radical (unpaired) electrons. The summed E-state index contributed by atoms with van der Waals surface area (Å²) >= 11 is 0. The van der Waals surface area contributed by atoms with Gasteiger partial charge in [-0.25, -0.2) is 13.1 Å². The quantitative estimate of drug-likeness (QED) is 0.901. The Labute approximate surface area is 126 Å². The molecule has 114 valence electrons. The van der Waals surface area contributed by atoms with Gasteiger partial charge in [0.2, 0.25) is 10.0 Å². The lowest BCUT2D eigenvalue weighted by Crippen LogP contribution is -2.43. The van der Waals surface area contributed by atoms with Crippen molar-refractivity contribution < 1.29 is 8.42 Å². The van der Waals surface area contributed by atoms with Crippen molar-refractivity contribution >= 4 is 10.0 Å². The SMILES string of the molecule is CC(C)(C)NS(=O)(=O)c1ccccc1C1(N)C=CC=CC1. The van der Waals surface area contributed by atoms with E-state index in [1.165, 1.54) is 0 Å². The number of sulfonamides is 1. The molecule has 0 saturated carbocycles. The first-order chi connectivity index (χ1) is 9.64. The Bertz CT molecular complexity index is 684. The van der Waals surface area contributed by atoms with E-state index < -0.39 is 21.1 Å². The number of rotatable bonds is 3. The maximum Gasteiger partial charge on any atom is 0.241 e. The van der Waals surface area contributed by atoms with Crippen LogP contribution in [0.3, 0.4) is 0 Å². The van der Waals surface area contributed by atoms with E-state index in [1.807, 2.05) is 51.1 Å². The number of hydrogen-bond donors (Lipinski definition) is 2. The summed E-state index contributed by atoms with van der Waals surface area (Å²) in [6.45, 7) is 5.44. The maximum atomic E-state index is 12.6. The minimum atomic E-state index is -3.62. The van der Waals surface area contributed by atoms with Crippen LogP contribution >= 0.6 is 0 Å². The second-order valence-electron chi connectivity index (χ2n) is 6.38. The molecule has 21 heavy (non-hydrogen) atoms. The molecule has 1 aromatic carbocycles. The molecule has 2 rings (SSSR count). The molecule has 4 nitrogen and oxygen atoms in total. The summed E-state index contributed by atoms with van der Waals surface area (Å²) in [6.07, 6.45) is 8.13. The molecule has 0 fully saturated rings. The summed E-state index contributed by atoms with van der Waals surface area (Å²) in [5.74, 6) is 0. The van der Waals surface area contributed by atoms with Crippen LogP contribution in [-0.2, 0) is 15.6 Å². The largest absolute Gasteiger partial charge is 0.318 e. The second-order valence-corrected chi connectivity index (χ2v) is 8.03. The van der Waals surface area contributed by atoms with Crippen molar-refractivity contribution in [3.8, 4) is 0 Å². The topological polar surface area (TPSA) is 72.2 Å². The van der Waals surface area contributed by atoms with Crippen molar-refractivity contribution in [2.45, 2.75) is 43.2 Å². The number of hydrogen-bond acceptors (Lipinski definition) is 3. The third-order valence-electron chi connectivity index (χ3n) is 3.22. The summed E-state index contributed by atoms with van der Waals surface area (Å²) in [6, 6.07) is 6.91. The molecule has 0 saturated heterocycles. The van der Waals surface area contributed by atoms with Gasteiger partial charge in [0.25, 0.3) is 0 Å². The van der Waals surface area contributed by atoms with Crippen molar-refractivity contribution in [2.75, 3.05) is 0 Å². The average Bonchev–Trinajstić information content (AvgIpc) is 2.37. The molecule has 5 heteroatoms. The van der Waals surface area contributed by atoms with Crippen molar-refractivity contribution in [1.29, 1.82) is 0 Å². The van der Waals surface area contributed by atoms with Gasteiger partial charge in [0.05, 0.1) is 10.4 Å². The van der Waals surface area contributed by atoms with Crippen LogP contribution in [0.5, 0.6) is 0 Å². The molecule has 0 spiro atoms. The Kier molecular flexibility index (Phi) is 4.10. The second kappa shape index (κ2) is 5.40. The average molecular weight is 306 g/mol. The molecular formula is C16H22N2O2S. The van der Waals surface area contributed by atoms with E-state index >= 15 is 0 Å². The Balaban J connectivity index is 2.52. The van der Waals surface area contributed by atoms with Gasteiger partial charge in [-0.05, 0) is 38.8 Å². The van der Waals surface area contributed by atoms with Gasteiger partial charge in [-0.1, -0.05) is 42.5 Å². The smallest absolute Gasteiger partial charge is 0.241 e. The molecule has 0 bridgehead atoms. The highest BCUT2D eigenvalue weighted by molar-refractivity contribution is 7.89. The van der Waals surface area contributed by atoms with Crippen molar-refractivity contribution in [1.82, 2.24) is 4.72 Å². The van der Waals surface area contributed by atoms with Gasteiger partial charge in [0.15, 0.2) is 0 Å². The highest BCUT2D eigenvalue weighted by Crippen LogP contribution is 2.32. The summed E-state index contributed by atoms with van der Waals surface area (Å²) in [4.78, 5) is 0.238. The lowest BCUT2D eigenvalue weighted by Gasteiger charge is -2.30. The van der Waals surface area contributed by atoms with Crippen LogP contribution in [0.15, 0.2) is 53.5 Å². The Morgan fingerprint density at radius 1 is 1.19 bits per heavy atom. The van der Waals surface area contributed by atoms with Crippen LogP contribution in [0.1, 0.15) is 32.8 Å². The Hall–Kier alpha value is -1.43. The fourth-order valence-electron chi connectivity index (χ4n) is 2.38. The molecule has 1 unspecified atom stereocenters. The van der Waals surface area contributed by atoms with E-state index in [4.69, 9.17) is 5.73 Å².